The van der Waals surface area contributed by atoms with Crippen LogP contribution in [0.2, 0.25) is 0 Å². The molecule has 0 atom stereocenters. The van der Waals surface area contributed by atoms with Crippen molar-refractivity contribution in [2.75, 3.05) is 18.9 Å². The number of nitrogens with one attached hydrogen (secondary N) is 1. The van der Waals surface area contributed by atoms with Crippen molar-refractivity contribution in [3.63, 3.8) is 0 Å². The molecule has 1 N–H and O–H groups in total. The highest BCUT2D eigenvalue weighted by Gasteiger charge is 2.32. The standard InChI is InChI=1S/C21H26N2O2/c1-15-10-9-11-16(2)19(15)22-18(24)14-23(5)20(25)21(3,4)17-12-7-6-8-13-17/h6-13H,14H2,1-5H3,(H,22,24). The second-order valence-electron chi connectivity index (χ2n) is 6.97. The van der Waals surface area contributed by atoms with E-state index in [0.717, 1.165) is 22.4 Å². The first kappa shape index (κ1) is 18.7. The largest absolute Gasteiger partial charge is 0.336 e. The van der Waals surface area contributed by atoms with Crippen molar-refractivity contribution in [3.05, 3.63) is 65.2 Å². The summed E-state index contributed by atoms with van der Waals surface area (Å²) < 4.78 is 0. The minimum atomic E-state index is -0.686. The van der Waals surface area contributed by atoms with Crippen LogP contribution in [0.3, 0.4) is 0 Å². The first-order valence-corrected chi connectivity index (χ1v) is 8.40. The van der Waals surface area contributed by atoms with Gasteiger partial charge in [0, 0.05) is 12.7 Å². The number of hydrogen-bond donors (Lipinski definition) is 1. The van der Waals surface area contributed by atoms with Crippen LogP contribution in [0.4, 0.5) is 5.69 Å². The number of carbonyl (C=O) groups is 2. The number of carbonyl (C=O) groups excluding carboxylic acids is 2. The number of anilines is 1. The van der Waals surface area contributed by atoms with Crippen molar-refractivity contribution in [1.82, 2.24) is 4.90 Å². The number of nitrogens with zero attached hydrogens (tertiary/aromatic N) is 1. The fourth-order valence-corrected chi connectivity index (χ4v) is 2.93. The molecule has 0 unspecified atom stereocenters. The van der Waals surface area contributed by atoms with E-state index in [2.05, 4.69) is 5.32 Å². The van der Waals surface area contributed by atoms with Crippen LogP contribution < -0.4 is 5.32 Å². The molecule has 4 heteroatoms. The lowest BCUT2D eigenvalue weighted by atomic mass is 9.83. The Morgan fingerprint density at radius 3 is 2.08 bits per heavy atom. The molecule has 0 saturated heterocycles. The van der Waals surface area contributed by atoms with E-state index in [1.807, 2.05) is 76.2 Å². The molecular formula is C21H26N2O2. The van der Waals surface area contributed by atoms with Crippen molar-refractivity contribution in [1.29, 1.82) is 0 Å². The minimum absolute atomic E-state index is 0.0167. The normalized spacial score (nSPS) is 11.1. The molecule has 0 aliphatic rings. The van der Waals surface area contributed by atoms with Gasteiger partial charge >= 0.3 is 0 Å². The molecule has 0 aliphatic carbocycles. The molecule has 4 nitrogen and oxygen atoms in total. The fourth-order valence-electron chi connectivity index (χ4n) is 2.93. The Balaban J connectivity index is 2.07. The van der Waals surface area contributed by atoms with Gasteiger partial charge in [0.05, 0.1) is 12.0 Å². The fraction of sp³-hybridized carbons (Fsp3) is 0.333. The number of para-hydroxylation sites is 1. The lowest BCUT2D eigenvalue weighted by Crippen LogP contribution is -2.44. The minimum Gasteiger partial charge on any atom is -0.336 e. The first-order chi connectivity index (χ1) is 11.7. The maximum Gasteiger partial charge on any atom is 0.243 e. The lowest BCUT2D eigenvalue weighted by molar-refractivity contribution is -0.137. The molecule has 2 amide bonds. The quantitative estimate of drug-likeness (QED) is 0.904. The number of likely N-dealkylation sites (N-methyl/N-ethyl adjacent to an activating group) is 1. The van der Waals surface area contributed by atoms with Crippen molar-refractivity contribution in [2.45, 2.75) is 33.1 Å². The average Bonchev–Trinajstić information content (AvgIpc) is 2.58. The Morgan fingerprint density at radius 2 is 1.52 bits per heavy atom. The van der Waals surface area contributed by atoms with E-state index in [-0.39, 0.29) is 18.4 Å². The van der Waals surface area contributed by atoms with Crippen LogP contribution in [0.5, 0.6) is 0 Å². The molecule has 0 radical (unpaired) electrons. The second-order valence-corrected chi connectivity index (χ2v) is 6.97. The van der Waals surface area contributed by atoms with Gasteiger partial charge in [0.15, 0.2) is 0 Å². The number of amides is 2. The van der Waals surface area contributed by atoms with Gasteiger partial charge in [-0.1, -0.05) is 48.5 Å². The third-order valence-electron chi connectivity index (χ3n) is 4.50. The van der Waals surface area contributed by atoms with Crippen LogP contribution in [-0.4, -0.2) is 30.3 Å². The van der Waals surface area contributed by atoms with E-state index in [1.54, 1.807) is 7.05 Å². The highest BCUT2D eigenvalue weighted by Crippen LogP contribution is 2.25. The van der Waals surface area contributed by atoms with Crippen LogP contribution >= 0.6 is 0 Å². The topological polar surface area (TPSA) is 49.4 Å². The summed E-state index contributed by atoms with van der Waals surface area (Å²) in [6.07, 6.45) is 0. The van der Waals surface area contributed by atoms with Gasteiger partial charge in [0.2, 0.25) is 11.8 Å². The summed E-state index contributed by atoms with van der Waals surface area (Å²) in [5.41, 5.74) is 3.08. The summed E-state index contributed by atoms with van der Waals surface area (Å²) in [4.78, 5) is 26.7. The molecule has 0 heterocycles. The van der Waals surface area contributed by atoms with Crippen LogP contribution in [0.15, 0.2) is 48.5 Å². The van der Waals surface area contributed by atoms with Crippen LogP contribution in [0, 0.1) is 13.8 Å². The summed E-state index contributed by atoms with van der Waals surface area (Å²) in [6.45, 7) is 7.68. The Bertz CT molecular complexity index is 746. The molecule has 25 heavy (non-hydrogen) atoms. The lowest BCUT2D eigenvalue weighted by Gasteiger charge is -2.29. The van der Waals surface area contributed by atoms with E-state index in [9.17, 15) is 9.59 Å². The SMILES string of the molecule is Cc1cccc(C)c1NC(=O)CN(C)C(=O)C(C)(C)c1ccccc1. The Morgan fingerprint density at radius 1 is 0.960 bits per heavy atom. The molecule has 0 aliphatic heterocycles. The first-order valence-electron chi connectivity index (χ1n) is 8.40. The van der Waals surface area contributed by atoms with E-state index in [4.69, 9.17) is 0 Å². The molecule has 2 aromatic rings. The number of rotatable bonds is 5. The molecule has 0 fully saturated rings. The third kappa shape index (κ3) is 4.27. The van der Waals surface area contributed by atoms with E-state index >= 15 is 0 Å². The molecule has 0 bridgehead atoms. The molecule has 0 spiro atoms. The third-order valence-corrected chi connectivity index (χ3v) is 4.50. The van der Waals surface area contributed by atoms with Gasteiger partial charge in [0.25, 0.3) is 0 Å². The number of hydrogen-bond acceptors (Lipinski definition) is 2. The van der Waals surface area contributed by atoms with Gasteiger partial charge in [-0.25, -0.2) is 0 Å². The number of benzene rings is 2. The van der Waals surface area contributed by atoms with E-state index in [1.165, 1.54) is 4.90 Å². The van der Waals surface area contributed by atoms with Gasteiger partial charge in [-0.2, -0.15) is 0 Å². The van der Waals surface area contributed by atoms with Gasteiger partial charge in [-0.05, 0) is 44.4 Å². The summed E-state index contributed by atoms with van der Waals surface area (Å²) in [5.74, 6) is -0.285. The molecular weight excluding hydrogens is 312 g/mol. The Hall–Kier alpha value is -2.62. The molecule has 0 aromatic heterocycles. The molecule has 0 saturated carbocycles. The highest BCUT2D eigenvalue weighted by atomic mass is 16.2. The van der Waals surface area contributed by atoms with Gasteiger partial charge in [-0.15, -0.1) is 0 Å². The summed E-state index contributed by atoms with van der Waals surface area (Å²) in [7, 11) is 1.66. The van der Waals surface area contributed by atoms with Crippen molar-refractivity contribution in [2.24, 2.45) is 0 Å². The van der Waals surface area contributed by atoms with Gasteiger partial charge in [0.1, 0.15) is 0 Å². The zero-order valence-corrected chi connectivity index (χ0v) is 15.6. The van der Waals surface area contributed by atoms with Gasteiger partial charge < -0.3 is 10.2 Å². The zero-order chi connectivity index (χ0) is 18.6. The van der Waals surface area contributed by atoms with Crippen LogP contribution in [0.1, 0.15) is 30.5 Å². The van der Waals surface area contributed by atoms with Crippen LogP contribution in [0.25, 0.3) is 0 Å². The van der Waals surface area contributed by atoms with Crippen molar-refractivity contribution < 1.29 is 9.59 Å². The summed E-state index contributed by atoms with van der Waals surface area (Å²) >= 11 is 0. The van der Waals surface area contributed by atoms with E-state index < -0.39 is 5.41 Å². The van der Waals surface area contributed by atoms with Crippen LogP contribution in [-0.2, 0) is 15.0 Å². The summed E-state index contributed by atoms with van der Waals surface area (Å²) in [6, 6.07) is 15.5. The highest BCUT2D eigenvalue weighted by molar-refractivity contribution is 5.97. The molecule has 2 aromatic carbocycles. The predicted molar refractivity (Wildman–Crippen MR) is 102 cm³/mol. The Labute approximate surface area is 149 Å². The maximum absolute atomic E-state index is 12.8. The number of aryl methyl sites for hydroxylation is 2. The summed E-state index contributed by atoms with van der Waals surface area (Å²) in [5, 5.41) is 2.92. The average molecular weight is 338 g/mol. The van der Waals surface area contributed by atoms with Crippen molar-refractivity contribution in [3.8, 4) is 0 Å². The zero-order valence-electron chi connectivity index (χ0n) is 15.6. The van der Waals surface area contributed by atoms with Gasteiger partial charge in [-0.3, -0.25) is 9.59 Å². The van der Waals surface area contributed by atoms with Crippen molar-refractivity contribution >= 4 is 17.5 Å². The maximum atomic E-state index is 12.8. The molecule has 132 valence electrons. The van der Waals surface area contributed by atoms with E-state index in [0.29, 0.717) is 0 Å². The predicted octanol–water partition coefficient (Wildman–Crippen LogP) is 3.68. The monoisotopic (exact) mass is 338 g/mol. The smallest absolute Gasteiger partial charge is 0.243 e. The second kappa shape index (κ2) is 7.51. The Kier molecular flexibility index (Phi) is 5.62. The molecule has 2 rings (SSSR count).